The second-order valence-electron chi connectivity index (χ2n) is 0.699. The van der Waals surface area contributed by atoms with Crippen molar-refractivity contribution in [2.24, 2.45) is 0 Å². The summed E-state index contributed by atoms with van der Waals surface area (Å²) in [4.78, 5) is 0. The summed E-state index contributed by atoms with van der Waals surface area (Å²) < 4.78 is -0.965. The van der Waals surface area contributed by atoms with Crippen LogP contribution in [0.4, 0.5) is 0 Å². The van der Waals surface area contributed by atoms with Gasteiger partial charge in [-0.2, -0.15) is 0 Å². The molecule has 0 N–H and O–H groups in total. The normalized spacial score (nSPS) is 12.0. The molecule has 0 aromatic rings. The molecule has 0 saturated carbocycles. The molecule has 0 aliphatic carbocycles. The van der Waals surface area contributed by atoms with Crippen molar-refractivity contribution in [3.8, 4) is 0 Å². The first-order valence-corrected chi connectivity index (χ1v) is 15.9. The molecule has 0 nitrogen and oxygen atoms in total. The summed E-state index contributed by atoms with van der Waals surface area (Å²) in [6, 6.07) is 0. The van der Waals surface area contributed by atoms with Gasteiger partial charge in [-0.05, 0) is 0 Å². The summed E-state index contributed by atoms with van der Waals surface area (Å²) in [5.41, 5.74) is 2.32. The van der Waals surface area contributed by atoms with E-state index >= 15 is 0 Å². The van der Waals surface area contributed by atoms with Crippen LogP contribution in [0.15, 0.2) is 0 Å². The minimum atomic E-state index is -0.965. The first-order valence-electron chi connectivity index (χ1n) is 0.954. The molecule has 0 fully saturated rings. The van der Waals surface area contributed by atoms with E-state index in [1.165, 1.54) is 0 Å². The van der Waals surface area contributed by atoms with Crippen molar-refractivity contribution in [2.75, 3.05) is 0 Å². The molecule has 0 aromatic carbocycles. The predicted molar refractivity (Wildman–Crippen MR) is 47.9 cm³/mol. The van der Waals surface area contributed by atoms with Crippen LogP contribution in [-0.2, 0) is 3.79 Å². The monoisotopic (exact) mass is 447 g/mol. The molecule has 33 valence electrons. The molecule has 0 atom stereocenters. The Hall–Kier alpha value is 2.77. The van der Waals surface area contributed by atoms with Gasteiger partial charge < -0.3 is 0 Å². The van der Waals surface area contributed by atoms with Crippen molar-refractivity contribution in [3.05, 3.63) is 0 Å². The summed E-state index contributed by atoms with van der Waals surface area (Å²) in [5.74, 6) is 0. The van der Waals surface area contributed by atoms with Gasteiger partial charge in [0, 0.05) is 0 Å². The SMILES string of the molecule is [CH3][V]([I])([I])[I]. The number of hydrogen-bond donors (Lipinski definition) is 0. The Balaban J connectivity index is 3.02. The van der Waals surface area contributed by atoms with E-state index in [0.29, 0.717) is 0 Å². The number of halogens is 3. The average molecular weight is 447 g/mol. The van der Waals surface area contributed by atoms with Gasteiger partial charge in [0.15, 0.2) is 0 Å². The van der Waals surface area contributed by atoms with Crippen LogP contribution in [0.3, 0.4) is 0 Å². The minimum absolute atomic E-state index is 0.965. The molecular weight excluding hydrogens is 444 g/mol. The molecule has 0 amide bonds. The third kappa shape index (κ3) is 20.1. The Kier molecular flexibility index (Phi) is 4.56. The topological polar surface area (TPSA) is 0 Å². The first kappa shape index (κ1) is 7.77. The van der Waals surface area contributed by atoms with Crippen molar-refractivity contribution in [2.45, 2.75) is 5.64 Å². The van der Waals surface area contributed by atoms with Crippen LogP contribution in [0.2, 0.25) is 5.64 Å². The van der Waals surface area contributed by atoms with Crippen molar-refractivity contribution < 1.29 is 3.79 Å². The predicted octanol–water partition coefficient (Wildman–Crippen LogP) is 3.24. The average Bonchev–Trinajstić information content (AvgIpc) is 0.722. The maximum absolute atomic E-state index is 2.52. The molecule has 0 spiro atoms. The van der Waals surface area contributed by atoms with E-state index in [-0.39, 0.29) is 0 Å². The fraction of sp³-hybridized carbons (Fsp3) is 1.00. The molecule has 0 unspecified atom stereocenters. The van der Waals surface area contributed by atoms with Gasteiger partial charge in [-0.25, -0.2) is 0 Å². The van der Waals surface area contributed by atoms with E-state index in [1.807, 2.05) is 0 Å². The fourth-order valence-corrected chi connectivity index (χ4v) is 0. The second kappa shape index (κ2) is 2.93. The van der Waals surface area contributed by atoms with Gasteiger partial charge in [0.1, 0.15) is 0 Å². The zero-order valence-corrected chi connectivity index (χ0v) is 10.5. The van der Waals surface area contributed by atoms with Crippen LogP contribution in [-0.4, -0.2) is 0 Å². The van der Waals surface area contributed by atoms with Crippen molar-refractivity contribution in [3.63, 3.8) is 0 Å². The molecule has 0 rings (SSSR count). The van der Waals surface area contributed by atoms with E-state index in [9.17, 15) is 0 Å². The van der Waals surface area contributed by atoms with Crippen molar-refractivity contribution in [1.29, 1.82) is 0 Å². The Morgan fingerprint density at radius 1 is 1.20 bits per heavy atom. The van der Waals surface area contributed by atoms with Crippen LogP contribution in [0.25, 0.3) is 0 Å². The Bertz CT molecular complexity index is 22.4. The van der Waals surface area contributed by atoms with Crippen LogP contribution in [0.5, 0.6) is 0 Å². The molecule has 0 heterocycles. The number of hydrogen-bond acceptors (Lipinski definition) is 0. The van der Waals surface area contributed by atoms with Gasteiger partial charge in [-0.1, -0.05) is 0 Å². The van der Waals surface area contributed by atoms with E-state index in [0.717, 1.165) is 0 Å². The van der Waals surface area contributed by atoms with Gasteiger partial charge in [0.05, 0.1) is 0 Å². The molecule has 0 aliphatic heterocycles. The Labute approximate surface area is 67.6 Å². The van der Waals surface area contributed by atoms with Gasteiger partial charge >= 0.3 is 69.4 Å². The van der Waals surface area contributed by atoms with Gasteiger partial charge in [0.2, 0.25) is 0 Å². The molecule has 0 bridgehead atoms. The molecule has 0 aliphatic rings. The fourth-order valence-electron chi connectivity index (χ4n) is 0. The van der Waals surface area contributed by atoms with E-state index in [1.54, 1.807) is 0 Å². The van der Waals surface area contributed by atoms with Crippen LogP contribution < -0.4 is 0 Å². The standard InChI is InChI=1S/CH3.3HI.V/h1H3;3*1H;/q;;;;+3/p-3. The van der Waals surface area contributed by atoms with Crippen molar-refractivity contribution >= 4 is 59.9 Å². The summed E-state index contributed by atoms with van der Waals surface area (Å²) in [6.07, 6.45) is 0. The molecule has 5 heavy (non-hydrogen) atoms. The Morgan fingerprint density at radius 3 is 1.20 bits per heavy atom. The number of rotatable bonds is 0. The summed E-state index contributed by atoms with van der Waals surface area (Å²) in [6.45, 7) is 0. The van der Waals surface area contributed by atoms with Gasteiger partial charge in [-0.15, -0.1) is 0 Å². The molecule has 0 saturated heterocycles. The van der Waals surface area contributed by atoms with Gasteiger partial charge in [-0.3, -0.25) is 0 Å². The second-order valence-corrected chi connectivity index (χ2v) is 49.6. The van der Waals surface area contributed by atoms with Crippen LogP contribution >= 0.6 is 59.9 Å². The third-order valence-electron chi connectivity index (χ3n) is 0. The molecule has 0 aromatic heterocycles. The summed E-state index contributed by atoms with van der Waals surface area (Å²) >= 11 is 7.57. The van der Waals surface area contributed by atoms with E-state index in [4.69, 9.17) is 0 Å². The van der Waals surface area contributed by atoms with E-state index in [2.05, 4.69) is 65.6 Å². The molecular formula is CH3I3V. The van der Waals surface area contributed by atoms with Crippen LogP contribution in [0.1, 0.15) is 0 Å². The zero-order valence-electron chi connectivity index (χ0n) is 2.58. The summed E-state index contributed by atoms with van der Waals surface area (Å²) in [5, 5.41) is 0. The maximum atomic E-state index is 2.52. The van der Waals surface area contributed by atoms with Gasteiger partial charge in [0.25, 0.3) is 0 Å². The first-order chi connectivity index (χ1) is 2.00. The molecule has 0 radical (unpaired) electrons. The van der Waals surface area contributed by atoms with E-state index < -0.39 is 3.79 Å². The third-order valence-corrected chi connectivity index (χ3v) is 0. The van der Waals surface area contributed by atoms with Crippen LogP contribution in [0, 0.1) is 0 Å². The quantitative estimate of drug-likeness (QED) is 0.501. The Morgan fingerprint density at radius 2 is 1.20 bits per heavy atom. The summed E-state index contributed by atoms with van der Waals surface area (Å²) in [7, 11) is 0. The molecule has 4 heteroatoms. The zero-order chi connectivity index (χ0) is 4.50. The van der Waals surface area contributed by atoms with Crippen molar-refractivity contribution in [1.82, 2.24) is 0 Å².